The van der Waals surface area contributed by atoms with Gasteiger partial charge in [-0.1, -0.05) is 0 Å². The summed E-state index contributed by atoms with van der Waals surface area (Å²) in [4.78, 5) is 23.6. The topological polar surface area (TPSA) is 93.3 Å². The molecule has 0 atom stereocenters. The number of carbonyl (C=O) groups excluding carboxylic acids is 1. The van der Waals surface area contributed by atoms with Crippen molar-refractivity contribution in [3.8, 4) is 0 Å². The Hall–Kier alpha value is -1.67. The number of halogens is 1. The highest BCUT2D eigenvalue weighted by atomic mass is 35.5. The van der Waals surface area contributed by atoms with Gasteiger partial charge in [-0.3, -0.25) is 19.6 Å². The van der Waals surface area contributed by atoms with Gasteiger partial charge in [0.15, 0.2) is 0 Å². The number of hydrogen-bond acceptors (Lipinski definition) is 5. The van der Waals surface area contributed by atoms with Crippen LogP contribution in [0.5, 0.6) is 0 Å². The molecule has 2 rings (SSSR count). The Bertz CT molecular complexity index is 444. The summed E-state index contributed by atoms with van der Waals surface area (Å²) in [5.74, 6) is 0.0645. The third-order valence-electron chi connectivity index (χ3n) is 2.85. The maximum absolute atomic E-state index is 11.8. The molecule has 0 radical (unpaired) electrons. The van der Waals surface area contributed by atoms with E-state index in [4.69, 9.17) is 0 Å². The molecule has 0 aromatic carbocycles. The molecule has 8 nitrogen and oxygen atoms in total. The lowest BCUT2D eigenvalue weighted by Gasteiger charge is -2.27. The van der Waals surface area contributed by atoms with Gasteiger partial charge in [0.25, 0.3) is 0 Å². The van der Waals surface area contributed by atoms with Crippen molar-refractivity contribution in [2.45, 2.75) is 13.0 Å². The summed E-state index contributed by atoms with van der Waals surface area (Å²) in [5.41, 5.74) is -0.0513. The van der Waals surface area contributed by atoms with Crippen molar-refractivity contribution in [3.63, 3.8) is 0 Å². The Morgan fingerprint density at radius 2 is 2.16 bits per heavy atom. The average Bonchev–Trinajstić information content (AvgIpc) is 2.86. The Kier molecular flexibility index (Phi) is 5.71. The lowest BCUT2D eigenvalue weighted by Crippen LogP contribution is -2.46. The minimum atomic E-state index is -0.498. The molecule has 1 N–H and O–H groups in total. The van der Waals surface area contributed by atoms with Gasteiger partial charge in [0, 0.05) is 39.1 Å². The largest absolute Gasteiger partial charge is 0.340 e. The fourth-order valence-corrected chi connectivity index (χ4v) is 1.85. The van der Waals surface area contributed by atoms with Crippen molar-refractivity contribution in [2.75, 3.05) is 26.2 Å². The first-order chi connectivity index (χ1) is 8.66. The molecule has 1 amide bonds. The molecule has 9 heteroatoms. The van der Waals surface area contributed by atoms with Crippen molar-refractivity contribution in [1.82, 2.24) is 20.0 Å². The zero-order valence-electron chi connectivity index (χ0n) is 10.3. The van der Waals surface area contributed by atoms with Gasteiger partial charge in [0.05, 0.1) is 4.92 Å². The maximum Gasteiger partial charge on any atom is 0.306 e. The molecule has 0 unspecified atom stereocenters. The van der Waals surface area contributed by atoms with Crippen LogP contribution in [-0.2, 0) is 11.3 Å². The van der Waals surface area contributed by atoms with E-state index in [9.17, 15) is 14.9 Å². The second-order valence-corrected chi connectivity index (χ2v) is 4.10. The lowest BCUT2D eigenvalue weighted by atomic mass is 10.3. The Balaban J connectivity index is 0.00000180. The fourth-order valence-electron chi connectivity index (χ4n) is 1.85. The zero-order valence-corrected chi connectivity index (χ0v) is 11.1. The molecule has 1 aromatic rings. The van der Waals surface area contributed by atoms with E-state index in [0.717, 1.165) is 26.2 Å². The van der Waals surface area contributed by atoms with Crippen molar-refractivity contribution < 1.29 is 9.72 Å². The molecule has 1 aliphatic heterocycles. The Morgan fingerprint density at radius 3 is 2.74 bits per heavy atom. The number of aryl methyl sites for hydroxylation is 1. The number of nitrogens with one attached hydrogen (secondary N) is 1. The van der Waals surface area contributed by atoms with Gasteiger partial charge in [-0.05, 0) is 0 Å². The lowest BCUT2D eigenvalue weighted by molar-refractivity contribution is -0.385. The smallest absolute Gasteiger partial charge is 0.306 e. The third-order valence-corrected chi connectivity index (χ3v) is 2.85. The first kappa shape index (κ1) is 15.4. The molecule has 1 aromatic heterocycles. The molecule has 2 heterocycles. The van der Waals surface area contributed by atoms with Gasteiger partial charge < -0.3 is 10.2 Å². The summed E-state index contributed by atoms with van der Waals surface area (Å²) >= 11 is 0. The van der Waals surface area contributed by atoms with Crippen LogP contribution in [-0.4, -0.2) is 51.7 Å². The summed E-state index contributed by atoms with van der Waals surface area (Å²) in [7, 11) is 0. The van der Waals surface area contributed by atoms with Gasteiger partial charge >= 0.3 is 5.69 Å². The molecular formula is C10H16ClN5O3. The van der Waals surface area contributed by atoms with E-state index in [1.807, 2.05) is 0 Å². The van der Waals surface area contributed by atoms with Gasteiger partial charge in [-0.15, -0.1) is 12.4 Å². The van der Waals surface area contributed by atoms with E-state index in [-0.39, 0.29) is 24.0 Å². The van der Waals surface area contributed by atoms with Gasteiger partial charge in [-0.25, -0.2) is 0 Å². The van der Waals surface area contributed by atoms with Crippen molar-refractivity contribution in [2.24, 2.45) is 0 Å². The van der Waals surface area contributed by atoms with E-state index < -0.39 is 4.92 Å². The third kappa shape index (κ3) is 4.18. The van der Waals surface area contributed by atoms with Crippen LogP contribution in [0.4, 0.5) is 5.69 Å². The molecular weight excluding hydrogens is 274 g/mol. The molecule has 1 saturated heterocycles. The SMILES string of the molecule is Cl.O=C(CCn1cc([N+](=O)[O-])cn1)N1CCNCC1. The van der Waals surface area contributed by atoms with Gasteiger partial charge in [-0.2, -0.15) is 5.10 Å². The highest BCUT2D eigenvalue weighted by molar-refractivity contribution is 5.85. The number of amides is 1. The molecule has 106 valence electrons. The fraction of sp³-hybridized carbons (Fsp3) is 0.600. The van der Waals surface area contributed by atoms with Crippen LogP contribution in [0, 0.1) is 10.1 Å². The monoisotopic (exact) mass is 289 g/mol. The zero-order chi connectivity index (χ0) is 13.0. The van der Waals surface area contributed by atoms with Gasteiger partial charge in [0.1, 0.15) is 12.4 Å². The second-order valence-electron chi connectivity index (χ2n) is 4.10. The highest BCUT2D eigenvalue weighted by Crippen LogP contribution is 2.08. The number of nitrogens with zero attached hydrogens (tertiary/aromatic N) is 4. The first-order valence-corrected chi connectivity index (χ1v) is 5.82. The molecule has 0 saturated carbocycles. The van der Waals surface area contributed by atoms with E-state index in [2.05, 4.69) is 10.4 Å². The van der Waals surface area contributed by atoms with E-state index in [1.165, 1.54) is 17.1 Å². The predicted molar refractivity (Wildman–Crippen MR) is 70.2 cm³/mol. The predicted octanol–water partition coefficient (Wildman–Crippen LogP) is 0.0350. The number of nitro groups is 1. The summed E-state index contributed by atoms with van der Waals surface area (Å²) < 4.78 is 1.43. The molecule has 1 fully saturated rings. The van der Waals surface area contributed by atoms with Gasteiger partial charge in [0.2, 0.25) is 5.91 Å². The highest BCUT2D eigenvalue weighted by Gasteiger charge is 2.16. The molecule has 0 bridgehead atoms. The molecule has 1 aliphatic rings. The normalized spacial score (nSPS) is 14.8. The Morgan fingerprint density at radius 1 is 1.47 bits per heavy atom. The summed E-state index contributed by atoms with van der Waals surface area (Å²) in [6, 6.07) is 0. The molecule has 0 spiro atoms. The van der Waals surface area contributed by atoms with E-state index in [1.54, 1.807) is 4.90 Å². The van der Waals surface area contributed by atoms with Crippen LogP contribution < -0.4 is 5.32 Å². The number of piperazine rings is 1. The quantitative estimate of drug-likeness (QED) is 0.624. The van der Waals surface area contributed by atoms with Crippen LogP contribution in [0.15, 0.2) is 12.4 Å². The van der Waals surface area contributed by atoms with Crippen LogP contribution in [0.3, 0.4) is 0 Å². The summed E-state index contributed by atoms with van der Waals surface area (Å²) in [6.07, 6.45) is 2.85. The minimum absolute atomic E-state index is 0. The van der Waals surface area contributed by atoms with Crippen LogP contribution in [0.25, 0.3) is 0 Å². The number of aromatic nitrogens is 2. The van der Waals surface area contributed by atoms with E-state index in [0.29, 0.717) is 13.0 Å². The summed E-state index contributed by atoms with van der Waals surface area (Å²) in [6.45, 7) is 3.45. The van der Waals surface area contributed by atoms with Crippen LogP contribution >= 0.6 is 12.4 Å². The Labute approximate surface area is 116 Å². The number of carbonyl (C=O) groups is 1. The molecule has 0 aliphatic carbocycles. The summed E-state index contributed by atoms with van der Waals surface area (Å²) in [5, 5.41) is 17.5. The van der Waals surface area contributed by atoms with Crippen LogP contribution in [0.2, 0.25) is 0 Å². The minimum Gasteiger partial charge on any atom is -0.340 e. The second kappa shape index (κ2) is 7.05. The average molecular weight is 290 g/mol. The van der Waals surface area contributed by atoms with Crippen molar-refractivity contribution in [1.29, 1.82) is 0 Å². The van der Waals surface area contributed by atoms with Crippen molar-refractivity contribution >= 4 is 24.0 Å². The number of rotatable bonds is 4. The van der Waals surface area contributed by atoms with E-state index >= 15 is 0 Å². The van der Waals surface area contributed by atoms with Crippen LogP contribution in [0.1, 0.15) is 6.42 Å². The maximum atomic E-state index is 11.8. The number of hydrogen-bond donors (Lipinski definition) is 1. The molecule has 19 heavy (non-hydrogen) atoms. The van der Waals surface area contributed by atoms with Crippen molar-refractivity contribution in [3.05, 3.63) is 22.5 Å². The first-order valence-electron chi connectivity index (χ1n) is 5.82. The standard InChI is InChI=1S/C10H15N5O3.ClH/c16-10(13-5-2-11-3-6-13)1-4-14-8-9(7-12-14)15(17)18;/h7-8,11H,1-6H2;1H.